The van der Waals surface area contributed by atoms with Crippen molar-refractivity contribution >= 4 is 11.3 Å². The van der Waals surface area contributed by atoms with Crippen molar-refractivity contribution in [3.63, 3.8) is 0 Å². The van der Waals surface area contributed by atoms with Crippen molar-refractivity contribution < 1.29 is 0 Å². The van der Waals surface area contributed by atoms with Gasteiger partial charge in [-0.05, 0) is 25.9 Å². The molecule has 2 heterocycles. The lowest BCUT2D eigenvalue weighted by Gasteiger charge is -2.25. The van der Waals surface area contributed by atoms with Crippen LogP contribution in [0.2, 0.25) is 0 Å². The van der Waals surface area contributed by atoms with Crippen molar-refractivity contribution in [2.45, 2.75) is 13.3 Å². The average Bonchev–Trinajstić information content (AvgIpc) is 2.27. The molecule has 1 saturated heterocycles. The van der Waals surface area contributed by atoms with Gasteiger partial charge in [-0.15, -0.1) is 11.3 Å². The molecular formula is C8H12N2S. The molecule has 60 valence electrons. The topological polar surface area (TPSA) is 24.9 Å². The SMILES string of the molecule is Cc1cnc(CC2CNC2)s1. The molecule has 1 fully saturated rings. The maximum atomic E-state index is 4.33. The highest BCUT2D eigenvalue weighted by atomic mass is 32.1. The second kappa shape index (κ2) is 2.91. The van der Waals surface area contributed by atoms with Gasteiger partial charge >= 0.3 is 0 Å². The Morgan fingerprint density at radius 2 is 2.55 bits per heavy atom. The van der Waals surface area contributed by atoms with E-state index in [-0.39, 0.29) is 0 Å². The van der Waals surface area contributed by atoms with Crippen LogP contribution in [-0.4, -0.2) is 18.1 Å². The van der Waals surface area contributed by atoms with Crippen LogP contribution in [0.15, 0.2) is 6.20 Å². The number of nitrogens with zero attached hydrogens (tertiary/aromatic N) is 1. The molecule has 0 saturated carbocycles. The molecule has 2 nitrogen and oxygen atoms in total. The van der Waals surface area contributed by atoms with Gasteiger partial charge in [0.05, 0.1) is 5.01 Å². The minimum Gasteiger partial charge on any atom is -0.316 e. The van der Waals surface area contributed by atoms with Gasteiger partial charge in [0.1, 0.15) is 0 Å². The summed E-state index contributed by atoms with van der Waals surface area (Å²) in [4.78, 5) is 5.65. The molecule has 1 aromatic heterocycles. The van der Waals surface area contributed by atoms with Gasteiger partial charge in [0.2, 0.25) is 0 Å². The lowest BCUT2D eigenvalue weighted by molar-refractivity contribution is 0.346. The monoisotopic (exact) mass is 168 g/mol. The summed E-state index contributed by atoms with van der Waals surface area (Å²) in [5, 5.41) is 4.57. The van der Waals surface area contributed by atoms with Crippen molar-refractivity contribution in [2.24, 2.45) is 5.92 Å². The average molecular weight is 168 g/mol. The van der Waals surface area contributed by atoms with E-state index in [1.54, 1.807) is 0 Å². The molecule has 0 unspecified atom stereocenters. The molecule has 1 aliphatic rings. The fraction of sp³-hybridized carbons (Fsp3) is 0.625. The summed E-state index contributed by atoms with van der Waals surface area (Å²) in [5.74, 6) is 0.848. The van der Waals surface area contributed by atoms with E-state index in [4.69, 9.17) is 0 Å². The molecular weight excluding hydrogens is 156 g/mol. The molecule has 3 heteroatoms. The highest BCUT2D eigenvalue weighted by molar-refractivity contribution is 7.11. The third-order valence-corrected chi connectivity index (χ3v) is 2.93. The van der Waals surface area contributed by atoms with E-state index < -0.39 is 0 Å². The summed E-state index contributed by atoms with van der Waals surface area (Å²) < 4.78 is 0. The second-order valence-corrected chi connectivity index (χ2v) is 4.41. The number of hydrogen-bond donors (Lipinski definition) is 1. The fourth-order valence-corrected chi connectivity index (χ4v) is 2.14. The van der Waals surface area contributed by atoms with Gasteiger partial charge in [0.25, 0.3) is 0 Å². The first-order valence-electron chi connectivity index (χ1n) is 3.96. The van der Waals surface area contributed by atoms with Gasteiger partial charge in [-0.2, -0.15) is 0 Å². The summed E-state index contributed by atoms with van der Waals surface area (Å²) in [6.07, 6.45) is 3.14. The Morgan fingerprint density at radius 3 is 3.00 bits per heavy atom. The standard InChI is InChI=1S/C8H12N2S/c1-6-3-10-8(11-6)2-7-4-9-5-7/h3,7,9H,2,4-5H2,1H3. The van der Waals surface area contributed by atoms with Crippen molar-refractivity contribution in [3.8, 4) is 0 Å². The minimum absolute atomic E-state index is 0.848. The third kappa shape index (κ3) is 1.60. The third-order valence-electron chi connectivity index (χ3n) is 2.00. The van der Waals surface area contributed by atoms with Crippen LogP contribution in [0, 0.1) is 12.8 Å². The van der Waals surface area contributed by atoms with Crippen LogP contribution in [0.5, 0.6) is 0 Å². The highest BCUT2D eigenvalue weighted by Crippen LogP contribution is 2.17. The number of aryl methyl sites for hydroxylation is 1. The predicted octanol–water partition coefficient (Wildman–Crippen LogP) is 1.21. The van der Waals surface area contributed by atoms with E-state index in [1.165, 1.54) is 29.4 Å². The molecule has 0 aliphatic carbocycles. The fourth-order valence-electron chi connectivity index (χ4n) is 1.24. The Morgan fingerprint density at radius 1 is 1.73 bits per heavy atom. The number of thiazole rings is 1. The Bertz CT molecular complexity index is 240. The van der Waals surface area contributed by atoms with Crippen LogP contribution in [0.3, 0.4) is 0 Å². The zero-order valence-electron chi connectivity index (χ0n) is 6.63. The molecule has 0 atom stereocenters. The van der Waals surface area contributed by atoms with Crippen molar-refractivity contribution in [3.05, 3.63) is 16.1 Å². The summed E-state index contributed by atoms with van der Waals surface area (Å²) in [5.41, 5.74) is 0. The number of rotatable bonds is 2. The summed E-state index contributed by atoms with van der Waals surface area (Å²) in [6, 6.07) is 0. The zero-order valence-corrected chi connectivity index (χ0v) is 7.45. The van der Waals surface area contributed by atoms with E-state index in [0.717, 1.165) is 5.92 Å². The molecule has 0 aromatic carbocycles. The maximum Gasteiger partial charge on any atom is 0.0931 e. The van der Waals surface area contributed by atoms with E-state index in [0.29, 0.717) is 0 Å². The lowest BCUT2D eigenvalue weighted by Crippen LogP contribution is -2.43. The van der Waals surface area contributed by atoms with E-state index in [1.807, 2.05) is 17.5 Å². The molecule has 0 amide bonds. The summed E-state index contributed by atoms with van der Waals surface area (Å²) >= 11 is 1.83. The summed E-state index contributed by atoms with van der Waals surface area (Å²) in [7, 11) is 0. The zero-order chi connectivity index (χ0) is 7.68. The van der Waals surface area contributed by atoms with Crippen LogP contribution in [-0.2, 0) is 6.42 Å². The van der Waals surface area contributed by atoms with Gasteiger partial charge in [0, 0.05) is 17.5 Å². The first kappa shape index (κ1) is 7.25. The molecule has 11 heavy (non-hydrogen) atoms. The Balaban J connectivity index is 1.95. The largest absolute Gasteiger partial charge is 0.316 e. The molecule has 1 aliphatic heterocycles. The number of hydrogen-bond acceptors (Lipinski definition) is 3. The van der Waals surface area contributed by atoms with Crippen LogP contribution < -0.4 is 5.32 Å². The lowest BCUT2D eigenvalue weighted by atomic mass is 10.0. The van der Waals surface area contributed by atoms with Crippen molar-refractivity contribution in [1.82, 2.24) is 10.3 Å². The minimum atomic E-state index is 0.848. The van der Waals surface area contributed by atoms with Gasteiger partial charge in [-0.25, -0.2) is 4.98 Å². The normalized spacial score (nSPS) is 18.3. The molecule has 1 N–H and O–H groups in total. The molecule has 1 aromatic rings. The molecule has 0 bridgehead atoms. The van der Waals surface area contributed by atoms with E-state index in [2.05, 4.69) is 17.2 Å². The molecule has 2 rings (SSSR count). The van der Waals surface area contributed by atoms with Crippen LogP contribution in [0.25, 0.3) is 0 Å². The van der Waals surface area contributed by atoms with E-state index >= 15 is 0 Å². The van der Waals surface area contributed by atoms with Gasteiger partial charge in [-0.1, -0.05) is 0 Å². The first-order valence-corrected chi connectivity index (χ1v) is 4.78. The van der Waals surface area contributed by atoms with Gasteiger partial charge < -0.3 is 5.32 Å². The Kier molecular flexibility index (Phi) is 1.92. The number of nitrogens with one attached hydrogen (secondary N) is 1. The Hall–Kier alpha value is -0.410. The predicted molar refractivity (Wildman–Crippen MR) is 46.9 cm³/mol. The molecule has 0 spiro atoms. The summed E-state index contributed by atoms with van der Waals surface area (Å²) in [6.45, 7) is 4.47. The highest BCUT2D eigenvalue weighted by Gasteiger charge is 2.17. The van der Waals surface area contributed by atoms with Crippen molar-refractivity contribution in [2.75, 3.05) is 13.1 Å². The second-order valence-electron chi connectivity index (χ2n) is 3.09. The van der Waals surface area contributed by atoms with E-state index in [9.17, 15) is 0 Å². The Labute approximate surface area is 70.7 Å². The smallest absolute Gasteiger partial charge is 0.0931 e. The van der Waals surface area contributed by atoms with Crippen molar-refractivity contribution in [1.29, 1.82) is 0 Å². The van der Waals surface area contributed by atoms with Crippen LogP contribution in [0.1, 0.15) is 9.88 Å². The first-order chi connectivity index (χ1) is 5.34. The van der Waals surface area contributed by atoms with Gasteiger partial charge in [-0.3, -0.25) is 0 Å². The van der Waals surface area contributed by atoms with Crippen LogP contribution in [0.4, 0.5) is 0 Å². The van der Waals surface area contributed by atoms with Gasteiger partial charge in [0.15, 0.2) is 0 Å². The molecule has 0 radical (unpaired) electrons. The van der Waals surface area contributed by atoms with Crippen LogP contribution >= 0.6 is 11.3 Å². The number of aromatic nitrogens is 1. The maximum absolute atomic E-state index is 4.33. The quantitative estimate of drug-likeness (QED) is 0.718.